The van der Waals surface area contributed by atoms with Crippen LogP contribution < -0.4 is 10.2 Å². The molecule has 1 aliphatic rings. The minimum absolute atomic E-state index is 0.0894. The summed E-state index contributed by atoms with van der Waals surface area (Å²) in [6.07, 6.45) is 4.35. The highest BCUT2D eigenvalue weighted by Gasteiger charge is 2.22. The molecule has 0 atom stereocenters. The molecule has 3 aromatic rings. The van der Waals surface area contributed by atoms with Gasteiger partial charge in [0.05, 0.1) is 10.3 Å². The number of carbonyl (C=O) groups excluding carboxylic acids is 1. The van der Waals surface area contributed by atoms with Crippen LogP contribution in [0.4, 0.5) is 11.5 Å². The second kappa shape index (κ2) is 7.48. The van der Waals surface area contributed by atoms with Gasteiger partial charge < -0.3 is 10.2 Å². The average molecular weight is 399 g/mol. The van der Waals surface area contributed by atoms with Crippen LogP contribution in [0.3, 0.4) is 0 Å². The van der Waals surface area contributed by atoms with E-state index in [2.05, 4.69) is 15.2 Å². The monoisotopic (exact) mass is 398 g/mol. The van der Waals surface area contributed by atoms with E-state index in [1.807, 2.05) is 44.4 Å². The molecule has 5 nitrogen and oxygen atoms in total. The molecule has 0 spiro atoms. The van der Waals surface area contributed by atoms with Gasteiger partial charge in [0.2, 0.25) is 0 Å². The minimum Gasteiger partial charge on any atom is -0.356 e. The maximum absolute atomic E-state index is 12.9. The van der Waals surface area contributed by atoms with Gasteiger partial charge in [-0.25, -0.2) is 9.97 Å². The van der Waals surface area contributed by atoms with Gasteiger partial charge in [-0.1, -0.05) is 30.0 Å². The molecular weight excluding hydrogens is 376 g/mol. The average Bonchev–Trinajstić information content (AvgIpc) is 3.33. The van der Waals surface area contributed by atoms with E-state index in [0.717, 1.165) is 51.1 Å². The van der Waals surface area contributed by atoms with Gasteiger partial charge in [-0.05, 0) is 50.1 Å². The summed E-state index contributed by atoms with van der Waals surface area (Å²) in [4.78, 5) is 26.1. The Bertz CT molecular complexity index is 988. The van der Waals surface area contributed by atoms with Gasteiger partial charge in [0.15, 0.2) is 5.16 Å². The molecule has 1 N–H and O–H groups in total. The van der Waals surface area contributed by atoms with Crippen molar-refractivity contribution >= 4 is 50.7 Å². The maximum atomic E-state index is 12.9. The molecule has 27 heavy (non-hydrogen) atoms. The topological polar surface area (TPSA) is 58.1 Å². The Labute approximate surface area is 167 Å². The molecule has 1 saturated heterocycles. The van der Waals surface area contributed by atoms with Crippen molar-refractivity contribution in [2.45, 2.75) is 31.8 Å². The Morgan fingerprint density at radius 1 is 1.19 bits per heavy atom. The van der Waals surface area contributed by atoms with E-state index in [1.165, 1.54) is 35.9 Å². The number of hydrogen-bond donors (Lipinski definition) is 1. The summed E-state index contributed by atoms with van der Waals surface area (Å²) in [5.74, 6) is 0.873. The summed E-state index contributed by atoms with van der Waals surface area (Å²) >= 11 is 2.97. The molecule has 1 aromatic carbocycles. The first-order valence-electron chi connectivity index (χ1n) is 9.05. The minimum atomic E-state index is -0.0894. The zero-order valence-electron chi connectivity index (χ0n) is 15.7. The normalized spacial score (nSPS) is 14.1. The molecule has 1 fully saturated rings. The lowest BCUT2D eigenvalue weighted by Gasteiger charge is -2.17. The number of rotatable bonds is 4. The van der Waals surface area contributed by atoms with E-state index >= 15 is 0 Å². The fourth-order valence-corrected chi connectivity index (χ4v) is 4.79. The SMILES string of the molecule is CSc1nc(N2CCCC2)c2cc(C(=O)Nc3c(C)cccc3C)sc2n1. The molecule has 0 unspecified atom stereocenters. The van der Waals surface area contributed by atoms with Crippen LogP contribution in [-0.4, -0.2) is 35.2 Å². The van der Waals surface area contributed by atoms with Crippen LogP contribution in [0.5, 0.6) is 0 Å². The summed E-state index contributed by atoms with van der Waals surface area (Å²) in [5, 5.41) is 4.81. The largest absolute Gasteiger partial charge is 0.356 e. The Balaban J connectivity index is 1.72. The lowest BCUT2D eigenvalue weighted by Crippen LogP contribution is -2.19. The van der Waals surface area contributed by atoms with Gasteiger partial charge in [-0.15, -0.1) is 11.3 Å². The molecule has 0 bridgehead atoms. The van der Waals surface area contributed by atoms with Gasteiger partial charge >= 0.3 is 0 Å². The number of aromatic nitrogens is 2. The lowest BCUT2D eigenvalue weighted by atomic mass is 10.1. The summed E-state index contributed by atoms with van der Waals surface area (Å²) in [6.45, 7) is 6.05. The lowest BCUT2D eigenvalue weighted by molar-refractivity contribution is 0.103. The van der Waals surface area contributed by atoms with Crippen LogP contribution in [0.1, 0.15) is 33.6 Å². The molecule has 0 aliphatic carbocycles. The number of thioether (sulfide) groups is 1. The molecule has 4 rings (SSSR count). The quantitative estimate of drug-likeness (QED) is 0.501. The third-order valence-electron chi connectivity index (χ3n) is 4.88. The van der Waals surface area contributed by atoms with Crippen LogP contribution in [0.2, 0.25) is 0 Å². The van der Waals surface area contributed by atoms with E-state index in [4.69, 9.17) is 4.98 Å². The van der Waals surface area contributed by atoms with Crippen molar-refractivity contribution < 1.29 is 4.79 Å². The number of hydrogen-bond acceptors (Lipinski definition) is 6. The first-order valence-corrected chi connectivity index (χ1v) is 11.1. The standard InChI is InChI=1S/C20H22N4OS2/c1-12-7-6-8-13(2)16(12)21-18(25)15-11-14-17(24-9-4-5-10-24)22-20(26-3)23-19(14)27-15/h6-8,11H,4-5,9-10H2,1-3H3,(H,21,25). The fourth-order valence-electron chi connectivity index (χ4n) is 3.45. The number of para-hydroxylation sites is 1. The predicted molar refractivity (Wildman–Crippen MR) is 115 cm³/mol. The van der Waals surface area contributed by atoms with Crippen LogP contribution in [0, 0.1) is 13.8 Å². The van der Waals surface area contributed by atoms with Crippen molar-refractivity contribution in [3.63, 3.8) is 0 Å². The number of amides is 1. The Morgan fingerprint density at radius 3 is 2.56 bits per heavy atom. The number of fused-ring (bicyclic) bond motifs is 1. The van der Waals surface area contributed by atoms with Gasteiger partial charge in [0.25, 0.3) is 5.91 Å². The molecule has 1 amide bonds. The molecule has 0 saturated carbocycles. The first-order chi connectivity index (χ1) is 13.1. The third kappa shape index (κ3) is 3.53. The van der Waals surface area contributed by atoms with E-state index in [9.17, 15) is 4.79 Å². The summed E-state index contributed by atoms with van der Waals surface area (Å²) < 4.78 is 0. The maximum Gasteiger partial charge on any atom is 0.265 e. The number of aryl methyl sites for hydroxylation is 2. The summed E-state index contributed by atoms with van der Waals surface area (Å²) in [7, 11) is 0. The molecule has 7 heteroatoms. The molecule has 140 valence electrons. The van der Waals surface area contributed by atoms with Crippen molar-refractivity contribution in [3.05, 3.63) is 40.3 Å². The van der Waals surface area contributed by atoms with Gasteiger partial charge in [-0.2, -0.15) is 0 Å². The van der Waals surface area contributed by atoms with E-state index in [-0.39, 0.29) is 5.91 Å². The number of nitrogens with zero attached hydrogens (tertiary/aromatic N) is 3. The zero-order valence-corrected chi connectivity index (χ0v) is 17.3. The number of benzene rings is 1. The zero-order chi connectivity index (χ0) is 19.0. The second-order valence-corrected chi connectivity index (χ2v) is 8.58. The summed E-state index contributed by atoms with van der Waals surface area (Å²) in [6, 6.07) is 7.97. The Hall–Kier alpha value is -2.12. The van der Waals surface area contributed by atoms with Crippen molar-refractivity contribution in [3.8, 4) is 0 Å². The first kappa shape index (κ1) is 18.3. The van der Waals surface area contributed by atoms with Crippen molar-refractivity contribution in [2.24, 2.45) is 0 Å². The van der Waals surface area contributed by atoms with Crippen LogP contribution in [0.25, 0.3) is 10.2 Å². The van der Waals surface area contributed by atoms with Crippen LogP contribution in [-0.2, 0) is 0 Å². The molecule has 0 radical (unpaired) electrons. The van der Waals surface area contributed by atoms with E-state index in [1.54, 1.807) is 0 Å². The molecular formula is C20H22N4OS2. The van der Waals surface area contributed by atoms with Crippen LogP contribution >= 0.6 is 23.1 Å². The number of anilines is 2. The van der Waals surface area contributed by atoms with Crippen molar-refractivity contribution in [2.75, 3.05) is 29.6 Å². The second-order valence-electron chi connectivity index (χ2n) is 6.78. The third-order valence-corrected chi connectivity index (χ3v) is 6.46. The van der Waals surface area contributed by atoms with E-state index < -0.39 is 0 Å². The molecule has 1 aliphatic heterocycles. The highest BCUT2D eigenvalue weighted by Crippen LogP contribution is 2.34. The smallest absolute Gasteiger partial charge is 0.265 e. The van der Waals surface area contributed by atoms with Crippen molar-refractivity contribution in [1.29, 1.82) is 0 Å². The highest BCUT2D eigenvalue weighted by molar-refractivity contribution is 7.98. The van der Waals surface area contributed by atoms with Crippen molar-refractivity contribution in [1.82, 2.24) is 9.97 Å². The van der Waals surface area contributed by atoms with Gasteiger partial charge in [-0.3, -0.25) is 4.79 Å². The molecule has 2 aromatic heterocycles. The summed E-state index contributed by atoms with van der Waals surface area (Å²) in [5.41, 5.74) is 3.01. The number of carbonyl (C=O) groups is 1. The van der Waals surface area contributed by atoms with Crippen LogP contribution in [0.15, 0.2) is 29.4 Å². The highest BCUT2D eigenvalue weighted by atomic mass is 32.2. The Kier molecular flexibility index (Phi) is 5.06. The Morgan fingerprint density at radius 2 is 1.89 bits per heavy atom. The predicted octanol–water partition coefficient (Wildman–Crippen LogP) is 4.88. The number of nitrogens with one attached hydrogen (secondary N) is 1. The fraction of sp³-hybridized carbons (Fsp3) is 0.350. The van der Waals surface area contributed by atoms with Gasteiger partial charge in [0.1, 0.15) is 10.6 Å². The van der Waals surface area contributed by atoms with Gasteiger partial charge in [0, 0.05) is 18.8 Å². The molecule has 3 heterocycles. The van der Waals surface area contributed by atoms with E-state index in [0.29, 0.717) is 4.88 Å². The number of thiophene rings is 1.